The predicted molar refractivity (Wildman–Crippen MR) is 144 cm³/mol. The van der Waals surface area contributed by atoms with E-state index in [-0.39, 0.29) is 28.8 Å². The van der Waals surface area contributed by atoms with E-state index in [1.54, 1.807) is 12.3 Å². The molecule has 2 aliphatic carbocycles. The van der Waals surface area contributed by atoms with E-state index in [1.165, 1.54) is 12.1 Å². The number of carbonyl (C=O) groups is 2. The molecule has 3 aliphatic rings. The maximum atomic E-state index is 13.6. The maximum Gasteiger partial charge on any atom is 0.269 e. The highest BCUT2D eigenvalue weighted by Gasteiger charge is 2.46. The first-order valence-corrected chi connectivity index (χ1v) is 13.1. The lowest BCUT2D eigenvalue weighted by atomic mass is 9.65. The molecule has 0 spiro atoms. The molecule has 3 aromatic rings. The summed E-state index contributed by atoms with van der Waals surface area (Å²) in [5.74, 6) is -0.195. The second-order valence-electron chi connectivity index (χ2n) is 11.4. The van der Waals surface area contributed by atoms with Crippen molar-refractivity contribution in [2.45, 2.75) is 45.4 Å². The number of hydrogen-bond acceptors (Lipinski definition) is 5. The van der Waals surface area contributed by atoms with Gasteiger partial charge in [0, 0.05) is 41.9 Å². The molecule has 8 heteroatoms. The van der Waals surface area contributed by atoms with Crippen molar-refractivity contribution in [2.75, 3.05) is 6.54 Å². The molecule has 0 bridgehead atoms. The molecule has 6 rings (SSSR count). The minimum atomic E-state index is -0.439. The van der Waals surface area contributed by atoms with E-state index in [0.717, 1.165) is 29.7 Å². The van der Waals surface area contributed by atoms with Crippen LogP contribution in [0.15, 0.2) is 53.7 Å². The van der Waals surface area contributed by atoms with Crippen LogP contribution in [0.4, 0.5) is 10.2 Å². The van der Waals surface area contributed by atoms with Gasteiger partial charge < -0.3 is 5.32 Å². The minimum absolute atomic E-state index is 0.125. The van der Waals surface area contributed by atoms with Gasteiger partial charge in [-0.05, 0) is 60.4 Å². The van der Waals surface area contributed by atoms with E-state index in [2.05, 4.69) is 34.3 Å². The van der Waals surface area contributed by atoms with Crippen LogP contribution in [0.5, 0.6) is 0 Å². The number of hydrogen-bond donors (Lipinski definition) is 2. The standard InChI is InChI=1S/C30H30FN5O2/c1-30(2)13-23-25(24(37)14-30)22(26-27(35-36-28(26)34-23)29(38)33-15-17-6-7-17)11-10-21-9-8-19(16-32-21)18-4-3-5-20(31)12-18/h3-5,8-12,16-17,22,25H,6-7,13-15H2,1-2H3,(H,33,38)(H,35,36)/b11-10+. The number of aromatic amines is 1. The molecule has 0 saturated heterocycles. The summed E-state index contributed by atoms with van der Waals surface area (Å²) in [5, 5.41) is 10.3. The SMILES string of the molecule is CC1(C)CC(=O)C2C(=Nc3n[nH]c(C(=O)NCC4CC4)c3C2/C=C/c2ccc(-c3cccc(F)c3)cn2)C1. The van der Waals surface area contributed by atoms with Gasteiger partial charge in [-0.25, -0.2) is 9.38 Å². The van der Waals surface area contributed by atoms with E-state index in [4.69, 9.17) is 4.99 Å². The number of benzene rings is 1. The molecule has 1 aliphatic heterocycles. The maximum absolute atomic E-state index is 13.6. The highest BCUT2D eigenvalue weighted by atomic mass is 19.1. The van der Waals surface area contributed by atoms with E-state index < -0.39 is 5.92 Å². The van der Waals surface area contributed by atoms with Crippen LogP contribution in [0.2, 0.25) is 0 Å². The first kappa shape index (κ1) is 24.4. The summed E-state index contributed by atoms with van der Waals surface area (Å²) in [7, 11) is 0. The number of rotatable bonds is 6. The second kappa shape index (κ2) is 9.42. The Bertz CT molecular complexity index is 1470. The van der Waals surface area contributed by atoms with Crippen molar-refractivity contribution < 1.29 is 14.0 Å². The molecule has 0 radical (unpaired) electrons. The number of halogens is 1. The summed E-state index contributed by atoms with van der Waals surface area (Å²) in [6.45, 7) is 4.80. The average molecular weight is 512 g/mol. The number of nitrogens with zero attached hydrogens (tertiary/aromatic N) is 3. The molecule has 2 fully saturated rings. The number of carbonyl (C=O) groups excluding carboxylic acids is 2. The fourth-order valence-electron chi connectivity index (χ4n) is 5.56. The zero-order valence-electron chi connectivity index (χ0n) is 21.5. The molecule has 2 aromatic heterocycles. The third kappa shape index (κ3) is 4.83. The molecule has 2 atom stereocenters. The van der Waals surface area contributed by atoms with Gasteiger partial charge >= 0.3 is 0 Å². The summed E-state index contributed by atoms with van der Waals surface area (Å²) in [6.07, 6.45) is 8.96. The number of aliphatic imine (C=N–C) groups is 1. The fraction of sp³-hybridized carbons (Fsp3) is 0.367. The zero-order chi connectivity index (χ0) is 26.4. The molecule has 2 saturated carbocycles. The third-order valence-electron chi connectivity index (χ3n) is 7.64. The van der Waals surface area contributed by atoms with Crippen LogP contribution in [0.1, 0.15) is 67.2 Å². The number of pyridine rings is 1. The van der Waals surface area contributed by atoms with Crippen LogP contribution >= 0.6 is 0 Å². The lowest BCUT2D eigenvalue weighted by Gasteiger charge is -2.39. The Morgan fingerprint density at radius 3 is 2.76 bits per heavy atom. The van der Waals surface area contributed by atoms with Crippen LogP contribution in [0, 0.1) is 23.1 Å². The van der Waals surface area contributed by atoms with Crippen LogP contribution in [-0.2, 0) is 4.79 Å². The number of fused-ring (bicyclic) bond motifs is 2. The normalized spacial score (nSPS) is 22.1. The summed E-state index contributed by atoms with van der Waals surface area (Å²) in [4.78, 5) is 35.9. The number of amides is 1. The topological polar surface area (TPSA) is 100 Å². The highest BCUT2D eigenvalue weighted by molar-refractivity contribution is 6.11. The van der Waals surface area contributed by atoms with Crippen LogP contribution in [0.3, 0.4) is 0 Å². The van der Waals surface area contributed by atoms with Crippen molar-refractivity contribution in [1.82, 2.24) is 20.5 Å². The predicted octanol–water partition coefficient (Wildman–Crippen LogP) is 5.64. The van der Waals surface area contributed by atoms with Gasteiger partial charge in [-0.15, -0.1) is 0 Å². The van der Waals surface area contributed by atoms with Gasteiger partial charge in [0.05, 0.1) is 11.6 Å². The summed E-state index contributed by atoms with van der Waals surface area (Å²) >= 11 is 0. The summed E-state index contributed by atoms with van der Waals surface area (Å²) < 4.78 is 13.6. The fourth-order valence-corrected chi connectivity index (χ4v) is 5.56. The third-order valence-corrected chi connectivity index (χ3v) is 7.64. The Kier molecular flexibility index (Phi) is 6.05. The number of Topliss-reactive ketones (excluding diaryl/α,β-unsaturated/α-hetero) is 1. The second-order valence-corrected chi connectivity index (χ2v) is 11.4. The van der Waals surface area contributed by atoms with Gasteiger partial charge in [-0.3, -0.25) is 19.7 Å². The van der Waals surface area contributed by atoms with Gasteiger partial charge in [0.25, 0.3) is 5.91 Å². The summed E-state index contributed by atoms with van der Waals surface area (Å²) in [5.41, 5.74) is 3.93. The monoisotopic (exact) mass is 511 g/mol. The van der Waals surface area contributed by atoms with Gasteiger partial charge in [0.1, 0.15) is 17.3 Å². The van der Waals surface area contributed by atoms with E-state index in [9.17, 15) is 14.0 Å². The highest BCUT2D eigenvalue weighted by Crippen LogP contribution is 2.47. The number of H-pyrrole nitrogens is 1. The molecule has 1 aromatic carbocycles. The Labute approximate surface area is 220 Å². The van der Waals surface area contributed by atoms with Gasteiger partial charge in [-0.2, -0.15) is 5.10 Å². The smallest absolute Gasteiger partial charge is 0.269 e. The summed E-state index contributed by atoms with van der Waals surface area (Å²) in [6, 6.07) is 10.1. The molecule has 2 N–H and O–H groups in total. The van der Waals surface area contributed by atoms with E-state index in [1.807, 2.05) is 30.4 Å². The molecule has 38 heavy (non-hydrogen) atoms. The van der Waals surface area contributed by atoms with Crippen molar-refractivity contribution in [1.29, 1.82) is 0 Å². The van der Waals surface area contributed by atoms with Crippen molar-refractivity contribution in [3.05, 3.63) is 71.4 Å². The molecule has 2 unspecified atom stereocenters. The quantitative estimate of drug-likeness (QED) is 0.447. The number of nitrogens with one attached hydrogen (secondary N) is 2. The van der Waals surface area contributed by atoms with Crippen LogP contribution in [0.25, 0.3) is 17.2 Å². The van der Waals surface area contributed by atoms with Crippen molar-refractivity contribution in [3.8, 4) is 11.1 Å². The van der Waals surface area contributed by atoms with Gasteiger partial charge in [0.2, 0.25) is 0 Å². The Morgan fingerprint density at radius 2 is 2.03 bits per heavy atom. The minimum Gasteiger partial charge on any atom is -0.350 e. The van der Waals surface area contributed by atoms with E-state index in [0.29, 0.717) is 48.1 Å². The number of allylic oxidation sites excluding steroid dienone is 1. The zero-order valence-corrected chi connectivity index (χ0v) is 21.5. The average Bonchev–Trinajstić information content (AvgIpc) is 3.62. The van der Waals surface area contributed by atoms with Crippen LogP contribution < -0.4 is 5.32 Å². The van der Waals surface area contributed by atoms with Crippen molar-refractivity contribution in [2.24, 2.45) is 22.2 Å². The first-order chi connectivity index (χ1) is 18.3. The van der Waals surface area contributed by atoms with E-state index >= 15 is 0 Å². The van der Waals surface area contributed by atoms with Crippen molar-refractivity contribution in [3.63, 3.8) is 0 Å². The molecule has 3 heterocycles. The molecular formula is C30H30FN5O2. The lowest BCUT2D eigenvalue weighted by molar-refractivity contribution is -0.124. The van der Waals surface area contributed by atoms with Gasteiger partial charge in [-0.1, -0.05) is 38.1 Å². The number of ketones is 1. The molecular weight excluding hydrogens is 481 g/mol. The molecule has 1 amide bonds. The first-order valence-electron chi connectivity index (χ1n) is 13.1. The molecule has 194 valence electrons. The molecule has 7 nitrogen and oxygen atoms in total. The van der Waals surface area contributed by atoms with Gasteiger partial charge in [0.15, 0.2) is 5.82 Å². The van der Waals surface area contributed by atoms with Crippen LogP contribution in [-0.4, -0.2) is 39.1 Å². The Balaban J connectivity index is 1.33. The lowest BCUT2D eigenvalue weighted by Crippen LogP contribution is -2.42. The van der Waals surface area contributed by atoms with Crippen molar-refractivity contribution >= 4 is 29.3 Å². The Morgan fingerprint density at radius 1 is 1.18 bits per heavy atom. The number of aromatic nitrogens is 3. The largest absolute Gasteiger partial charge is 0.350 e. The Hall–Kier alpha value is -3.94.